The van der Waals surface area contributed by atoms with Gasteiger partial charge in [0, 0.05) is 24.2 Å². The molecule has 4 nitrogen and oxygen atoms in total. The second-order valence-corrected chi connectivity index (χ2v) is 5.96. The zero-order valence-corrected chi connectivity index (χ0v) is 12.2. The Bertz CT molecular complexity index is 412. The van der Waals surface area contributed by atoms with Crippen LogP contribution in [-0.4, -0.2) is 27.7 Å². The minimum atomic E-state index is -0.0786. The van der Waals surface area contributed by atoms with Gasteiger partial charge in [0.25, 0.3) is 0 Å². The largest absolute Gasteiger partial charge is 0.393 e. The highest BCUT2D eigenvalue weighted by Gasteiger charge is 2.19. The van der Waals surface area contributed by atoms with Crippen LogP contribution in [0.3, 0.4) is 0 Å². The van der Waals surface area contributed by atoms with Gasteiger partial charge in [0.1, 0.15) is 11.6 Å². The SMILES string of the molecule is Cc1cc(NCC2CCC(O)CC2)nc(C(C)C)n1. The number of aliphatic hydroxyl groups excluding tert-OH is 1. The third-order valence-electron chi connectivity index (χ3n) is 3.78. The summed E-state index contributed by atoms with van der Waals surface area (Å²) in [5.74, 6) is 2.84. The minimum absolute atomic E-state index is 0.0786. The van der Waals surface area contributed by atoms with Gasteiger partial charge in [-0.1, -0.05) is 13.8 Å². The van der Waals surface area contributed by atoms with Crippen LogP contribution in [0.15, 0.2) is 6.07 Å². The number of aryl methyl sites for hydroxylation is 1. The normalized spacial score (nSPS) is 23.6. The Kier molecular flexibility index (Phi) is 4.75. The molecule has 1 fully saturated rings. The van der Waals surface area contributed by atoms with E-state index in [9.17, 15) is 5.11 Å². The van der Waals surface area contributed by atoms with E-state index < -0.39 is 0 Å². The summed E-state index contributed by atoms with van der Waals surface area (Å²) in [4.78, 5) is 9.01. The molecule has 0 radical (unpaired) electrons. The maximum atomic E-state index is 9.51. The first-order valence-electron chi connectivity index (χ1n) is 7.32. The molecule has 4 heteroatoms. The van der Waals surface area contributed by atoms with Crippen molar-refractivity contribution in [1.82, 2.24) is 9.97 Å². The van der Waals surface area contributed by atoms with Gasteiger partial charge in [-0.3, -0.25) is 0 Å². The summed E-state index contributed by atoms with van der Waals surface area (Å²) in [6.45, 7) is 7.18. The molecule has 1 heterocycles. The first kappa shape index (κ1) is 14.3. The predicted molar refractivity (Wildman–Crippen MR) is 77.3 cm³/mol. The summed E-state index contributed by atoms with van der Waals surface area (Å²) in [5.41, 5.74) is 1.01. The van der Waals surface area contributed by atoms with Crippen molar-refractivity contribution in [3.8, 4) is 0 Å². The standard InChI is InChI=1S/C15H25N3O/c1-10(2)15-17-11(3)8-14(18-15)16-9-12-4-6-13(19)7-5-12/h8,10,12-13,19H,4-7,9H2,1-3H3,(H,16,17,18). The van der Waals surface area contributed by atoms with Crippen molar-refractivity contribution < 1.29 is 5.11 Å². The summed E-state index contributed by atoms with van der Waals surface area (Å²) in [5, 5.41) is 12.9. The molecular formula is C15H25N3O. The van der Waals surface area contributed by atoms with E-state index in [1.807, 2.05) is 13.0 Å². The fraction of sp³-hybridized carbons (Fsp3) is 0.733. The van der Waals surface area contributed by atoms with Crippen LogP contribution in [0.4, 0.5) is 5.82 Å². The molecule has 106 valence electrons. The number of rotatable bonds is 4. The van der Waals surface area contributed by atoms with E-state index in [1.54, 1.807) is 0 Å². The monoisotopic (exact) mass is 263 g/mol. The average Bonchev–Trinajstić information content (AvgIpc) is 2.37. The number of nitrogens with one attached hydrogen (secondary N) is 1. The fourth-order valence-corrected chi connectivity index (χ4v) is 2.54. The zero-order valence-electron chi connectivity index (χ0n) is 12.2. The van der Waals surface area contributed by atoms with Gasteiger partial charge in [-0.25, -0.2) is 9.97 Å². The van der Waals surface area contributed by atoms with Gasteiger partial charge in [-0.15, -0.1) is 0 Å². The molecule has 1 aromatic heterocycles. The first-order chi connectivity index (χ1) is 9.04. The third kappa shape index (κ3) is 4.16. The summed E-state index contributed by atoms with van der Waals surface area (Å²) in [6, 6.07) is 2.00. The highest BCUT2D eigenvalue weighted by molar-refractivity contribution is 5.36. The number of aromatic nitrogens is 2. The van der Waals surface area contributed by atoms with Crippen LogP contribution < -0.4 is 5.32 Å². The second-order valence-electron chi connectivity index (χ2n) is 5.96. The van der Waals surface area contributed by atoms with Gasteiger partial charge < -0.3 is 10.4 Å². The molecule has 0 amide bonds. The lowest BCUT2D eigenvalue weighted by atomic mass is 9.87. The van der Waals surface area contributed by atoms with Crippen molar-refractivity contribution in [1.29, 1.82) is 0 Å². The number of hydrogen-bond donors (Lipinski definition) is 2. The molecule has 19 heavy (non-hydrogen) atoms. The molecule has 0 atom stereocenters. The van der Waals surface area contributed by atoms with E-state index in [4.69, 9.17) is 0 Å². The van der Waals surface area contributed by atoms with Crippen LogP contribution in [0.25, 0.3) is 0 Å². The molecule has 1 aliphatic rings. The zero-order chi connectivity index (χ0) is 13.8. The third-order valence-corrected chi connectivity index (χ3v) is 3.78. The Balaban J connectivity index is 1.92. The Morgan fingerprint density at radius 3 is 2.58 bits per heavy atom. The van der Waals surface area contributed by atoms with Crippen molar-refractivity contribution in [3.05, 3.63) is 17.6 Å². The minimum Gasteiger partial charge on any atom is -0.393 e. The van der Waals surface area contributed by atoms with E-state index in [2.05, 4.69) is 29.1 Å². The molecule has 0 unspecified atom stereocenters. The Morgan fingerprint density at radius 2 is 1.95 bits per heavy atom. The predicted octanol–water partition coefficient (Wildman–Crippen LogP) is 2.87. The fourth-order valence-electron chi connectivity index (χ4n) is 2.54. The molecule has 1 saturated carbocycles. The Labute approximate surface area is 115 Å². The number of anilines is 1. The molecule has 1 aliphatic carbocycles. The summed E-state index contributed by atoms with van der Waals surface area (Å²) >= 11 is 0. The second kappa shape index (κ2) is 6.33. The lowest BCUT2D eigenvalue weighted by Crippen LogP contribution is -2.24. The molecule has 1 aromatic rings. The topological polar surface area (TPSA) is 58.0 Å². The first-order valence-corrected chi connectivity index (χ1v) is 7.32. The molecular weight excluding hydrogens is 238 g/mol. The van der Waals surface area contributed by atoms with Crippen molar-refractivity contribution >= 4 is 5.82 Å². The van der Waals surface area contributed by atoms with Crippen LogP contribution >= 0.6 is 0 Å². The van der Waals surface area contributed by atoms with Crippen molar-refractivity contribution in [2.24, 2.45) is 5.92 Å². The van der Waals surface area contributed by atoms with Crippen LogP contribution in [-0.2, 0) is 0 Å². The lowest BCUT2D eigenvalue weighted by Gasteiger charge is -2.25. The molecule has 0 spiro atoms. The average molecular weight is 263 g/mol. The van der Waals surface area contributed by atoms with Crippen molar-refractivity contribution in [2.45, 2.75) is 58.5 Å². The number of aliphatic hydroxyl groups is 1. The molecule has 2 N–H and O–H groups in total. The van der Waals surface area contributed by atoms with Gasteiger partial charge in [0.05, 0.1) is 6.10 Å². The van der Waals surface area contributed by atoms with Crippen LogP contribution in [0, 0.1) is 12.8 Å². The highest BCUT2D eigenvalue weighted by Crippen LogP contribution is 2.24. The summed E-state index contributed by atoms with van der Waals surface area (Å²) in [6.07, 6.45) is 4.01. The van der Waals surface area contributed by atoms with Crippen LogP contribution in [0.1, 0.15) is 57.0 Å². The van der Waals surface area contributed by atoms with E-state index in [0.717, 1.165) is 49.6 Å². The van der Waals surface area contributed by atoms with E-state index in [0.29, 0.717) is 11.8 Å². The van der Waals surface area contributed by atoms with Gasteiger partial charge in [-0.05, 0) is 38.5 Å². The molecule has 2 rings (SSSR count). The van der Waals surface area contributed by atoms with Crippen molar-refractivity contribution in [3.63, 3.8) is 0 Å². The van der Waals surface area contributed by atoms with Gasteiger partial charge >= 0.3 is 0 Å². The van der Waals surface area contributed by atoms with Gasteiger partial charge in [0.2, 0.25) is 0 Å². The number of hydrogen-bond acceptors (Lipinski definition) is 4. The van der Waals surface area contributed by atoms with Gasteiger partial charge in [-0.2, -0.15) is 0 Å². The van der Waals surface area contributed by atoms with E-state index in [-0.39, 0.29) is 6.10 Å². The molecule has 0 bridgehead atoms. The van der Waals surface area contributed by atoms with Gasteiger partial charge in [0.15, 0.2) is 0 Å². The van der Waals surface area contributed by atoms with E-state index in [1.165, 1.54) is 0 Å². The summed E-state index contributed by atoms with van der Waals surface area (Å²) in [7, 11) is 0. The molecule has 0 aliphatic heterocycles. The van der Waals surface area contributed by atoms with Crippen molar-refractivity contribution in [2.75, 3.05) is 11.9 Å². The van der Waals surface area contributed by atoms with E-state index >= 15 is 0 Å². The van der Waals surface area contributed by atoms with Crippen LogP contribution in [0.2, 0.25) is 0 Å². The highest BCUT2D eigenvalue weighted by atomic mass is 16.3. The Hall–Kier alpha value is -1.16. The lowest BCUT2D eigenvalue weighted by molar-refractivity contribution is 0.111. The molecule has 0 aromatic carbocycles. The summed E-state index contributed by atoms with van der Waals surface area (Å²) < 4.78 is 0. The molecule has 0 saturated heterocycles. The number of nitrogens with zero attached hydrogens (tertiary/aromatic N) is 2. The maximum absolute atomic E-state index is 9.51. The smallest absolute Gasteiger partial charge is 0.133 e. The van der Waals surface area contributed by atoms with Crippen LogP contribution in [0.5, 0.6) is 0 Å². The maximum Gasteiger partial charge on any atom is 0.133 e. The quantitative estimate of drug-likeness (QED) is 0.877. The Morgan fingerprint density at radius 1 is 1.26 bits per heavy atom.